The van der Waals surface area contributed by atoms with Gasteiger partial charge in [0.05, 0.1) is 5.60 Å². The number of hydrogen-bond acceptors (Lipinski definition) is 2. The molecule has 0 radical (unpaired) electrons. The summed E-state index contributed by atoms with van der Waals surface area (Å²) in [5.41, 5.74) is 4.94. The van der Waals surface area contributed by atoms with E-state index in [-0.39, 0.29) is 5.41 Å². The van der Waals surface area contributed by atoms with Crippen molar-refractivity contribution in [2.75, 3.05) is 6.54 Å². The van der Waals surface area contributed by atoms with Crippen LogP contribution in [0.25, 0.3) is 0 Å². The first kappa shape index (κ1) is 14.9. The Hall–Kier alpha value is -0.0800. The van der Waals surface area contributed by atoms with E-state index in [4.69, 9.17) is 5.73 Å². The van der Waals surface area contributed by atoms with E-state index in [2.05, 4.69) is 41.5 Å². The van der Waals surface area contributed by atoms with Crippen molar-refractivity contribution in [2.24, 2.45) is 23.0 Å². The zero-order valence-corrected chi connectivity index (χ0v) is 11.3. The quantitative estimate of drug-likeness (QED) is 0.715. The van der Waals surface area contributed by atoms with Crippen molar-refractivity contribution < 1.29 is 5.11 Å². The predicted octanol–water partition coefficient (Wildman–Crippen LogP) is 2.79. The van der Waals surface area contributed by atoms with Crippen molar-refractivity contribution in [3.63, 3.8) is 0 Å². The standard InChI is InChI=1S/C13H29NO/c1-10(2)7-13(15,8-11(3)4)12(5,6)9-14/h10-11,15H,7-9,14H2,1-6H3. The Labute approximate surface area is 95.3 Å². The summed E-state index contributed by atoms with van der Waals surface area (Å²) in [4.78, 5) is 0. The molecule has 2 nitrogen and oxygen atoms in total. The summed E-state index contributed by atoms with van der Waals surface area (Å²) in [6.45, 7) is 13.3. The third kappa shape index (κ3) is 4.12. The summed E-state index contributed by atoms with van der Waals surface area (Å²) in [6.07, 6.45) is 1.66. The van der Waals surface area contributed by atoms with Crippen molar-refractivity contribution in [1.29, 1.82) is 0 Å². The second-order valence-electron chi connectivity index (χ2n) is 6.32. The Balaban J connectivity index is 4.84. The van der Waals surface area contributed by atoms with Gasteiger partial charge in [0.15, 0.2) is 0 Å². The van der Waals surface area contributed by atoms with E-state index >= 15 is 0 Å². The van der Waals surface area contributed by atoms with Crippen LogP contribution in [-0.4, -0.2) is 17.3 Å². The zero-order valence-electron chi connectivity index (χ0n) is 11.3. The molecule has 0 aliphatic rings. The van der Waals surface area contributed by atoms with Gasteiger partial charge in [-0.2, -0.15) is 0 Å². The third-order valence-electron chi connectivity index (χ3n) is 3.26. The molecule has 0 saturated heterocycles. The van der Waals surface area contributed by atoms with Gasteiger partial charge in [0.2, 0.25) is 0 Å². The average molecular weight is 215 g/mol. The summed E-state index contributed by atoms with van der Waals surface area (Å²) >= 11 is 0. The molecule has 15 heavy (non-hydrogen) atoms. The van der Waals surface area contributed by atoms with Gasteiger partial charge in [-0.3, -0.25) is 0 Å². The van der Waals surface area contributed by atoms with Crippen LogP contribution in [0.5, 0.6) is 0 Å². The van der Waals surface area contributed by atoms with Crippen molar-refractivity contribution in [1.82, 2.24) is 0 Å². The first-order chi connectivity index (χ1) is 6.64. The highest BCUT2D eigenvalue weighted by Crippen LogP contribution is 2.39. The van der Waals surface area contributed by atoms with Crippen LogP contribution in [0.4, 0.5) is 0 Å². The fourth-order valence-electron chi connectivity index (χ4n) is 2.18. The van der Waals surface area contributed by atoms with Gasteiger partial charge in [-0.25, -0.2) is 0 Å². The maximum Gasteiger partial charge on any atom is 0.0715 e. The summed E-state index contributed by atoms with van der Waals surface area (Å²) < 4.78 is 0. The van der Waals surface area contributed by atoms with Gasteiger partial charge in [0, 0.05) is 12.0 Å². The van der Waals surface area contributed by atoms with Gasteiger partial charge in [-0.15, -0.1) is 0 Å². The second-order valence-corrected chi connectivity index (χ2v) is 6.32. The van der Waals surface area contributed by atoms with E-state index in [9.17, 15) is 5.11 Å². The lowest BCUT2D eigenvalue weighted by atomic mass is 9.67. The maximum atomic E-state index is 10.8. The lowest BCUT2D eigenvalue weighted by Crippen LogP contribution is -2.50. The third-order valence-corrected chi connectivity index (χ3v) is 3.26. The molecule has 0 aromatic carbocycles. The first-order valence-electron chi connectivity index (χ1n) is 6.07. The van der Waals surface area contributed by atoms with Crippen LogP contribution in [-0.2, 0) is 0 Å². The first-order valence-corrected chi connectivity index (χ1v) is 6.07. The van der Waals surface area contributed by atoms with Crippen LogP contribution in [0.1, 0.15) is 54.4 Å². The van der Waals surface area contributed by atoms with Crippen molar-refractivity contribution in [3.05, 3.63) is 0 Å². The number of rotatable bonds is 6. The van der Waals surface area contributed by atoms with Gasteiger partial charge in [0.25, 0.3) is 0 Å². The smallest absolute Gasteiger partial charge is 0.0715 e. The molecule has 0 amide bonds. The maximum absolute atomic E-state index is 10.8. The SMILES string of the molecule is CC(C)CC(O)(CC(C)C)C(C)(C)CN. The molecule has 0 rings (SSSR count). The van der Waals surface area contributed by atoms with E-state index in [0.29, 0.717) is 18.4 Å². The molecule has 0 heterocycles. The van der Waals surface area contributed by atoms with E-state index in [0.717, 1.165) is 12.8 Å². The molecule has 0 atom stereocenters. The van der Waals surface area contributed by atoms with Crippen molar-refractivity contribution >= 4 is 0 Å². The number of hydrogen-bond donors (Lipinski definition) is 2. The van der Waals surface area contributed by atoms with Crippen LogP contribution < -0.4 is 5.73 Å². The Morgan fingerprint density at radius 1 is 1.00 bits per heavy atom. The Morgan fingerprint density at radius 2 is 1.33 bits per heavy atom. The van der Waals surface area contributed by atoms with Gasteiger partial charge < -0.3 is 10.8 Å². The molecule has 92 valence electrons. The van der Waals surface area contributed by atoms with Gasteiger partial charge >= 0.3 is 0 Å². The van der Waals surface area contributed by atoms with Gasteiger partial charge in [0.1, 0.15) is 0 Å². The lowest BCUT2D eigenvalue weighted by Gasteiger charge is -2.44. The monoisotopic (exact) mass is 215 g/mol. The van der Waals surface area contributed by atoms with Crippen molar-refractivity contribution in [3.8, 4) is 0 Å². The van der Waals surface area contributed by atoms with E-state index < -0.39 is 5.60 Å². The summed E-state index contributed by atoms with van der Waals surface area (Å²) in [6, 6.07) is 0. The molecule has 0 spiro atoms. The number of aliphatic hydroxyl groups is 1. The van der Waals surface area contributed by atoms with Crippen molar-refractivity contribution in [2.45, 2.75) is 60.0 Å². The molecule has 0 aliphatic carbocycles. The lowest BCUT2D eigenvalue weighted by molar-refractivity contribution is -0.0913. The highest BCUT2D eigenvalue weighted by atomic mass is 16.3. The largest absolute Gasteiger partial charge is 0.389 e. The number of nitrogens with two attached hydrogens (primary N) is 1. The Kier molecular flexibility index (Phi) is 5.28. The van der Waals surface area contributed by atoms with E-state index in [1.54, 1.807) is 0 Å². The highest BCUT2D eigenvalue weighted by molar-refractivity contribution is 4.95. The van der Waals surface area contributed by atoms with E-state index in [1.807, 2.05) is 0 Å². The van der Waals surface area contributed by atoms with Gasteiger partial charge in [-0.05, 0) is 24.7 Å². The molecule has 0 aliphatic heterocycles. The molecule has 0 unspecified atom stereocenters. The predicted molar refractivity (Wildman–Crippen MR) is 66.7 cm³/mol. The molecule has 0 aromatic heterocycles. The Morgan fingerprint density at radius 3 is 1.53 bits per heavy atom. The summed E-state index contributed by atoms with van der Waals surface area (Å²) in [5, 5.41) is 10.8. The fourth-order valence-corrected chi connectivity index (χ4v) is 2.18. The fraction of sp³-hybridized carbons (Fsp3) is 1.00. The molecular weight excluding hydrogens is 186 g/mol. The second kappa shape index (κ2) is 5.31. The summed E-state index contributed by atoms with van der Waals surface area (Å²) in [7, 11) is 0. The highest BCUT2D eigenvalue weighted by Gasteiger charge is 2.42. The average Bonchev–Trinajstić information content (AvgIpc) is 2.00. The zero-order chi connectivity index (χ0) is 12.3. The molecule has 2 heteroatoms. The van der Waals surface area contributed by atoms with Crippen LogP contribution in [0.2, 0.25) is 0 Å². The minimum atomic E-state index is -0.635. The molecule has 0 fully saturated rings. The topological polar surface area (TPSA) is 46.2 Å². The van der Waals surface area contributed by atoms with Crippen LogP contribution in [0.15, 0.2) is 0 Å². The van der Waals surface area contributed by atoms with Gasteiger partial charge in [-0.1, -0.05) is 41.5 Å². The van der Waals surface area contributed by atoms with Crippen LogP contribution >= 0.6 is 0 Å². The Bertz CT molecular complexity index is 175. The normalized spacial score (nSPS) is 14.0. The molecule has 0 saturated carbocycles. The molecule has 0 aromatic rings. The minimum absolute atomic E-state index is 0.207. The van der Waals surface area contributed by atoms with Crippen LogP contribution in [0, 0.1) is 17.3 Å². The summed E-state index contributed by atoms with van der Waals surface area (Å²) in [5.74, 6) is 0.999. The molecular formula is C13H29NO. The molecule has 0 bridgehead atoms. The van der Waals surface area contributed by atoms with Crippen LogP contribution in [0.3, 0.4) is 0 Å². The molecule has 3 N–H and O–H groups in total. The minimum Gasteiger partial charge on any atom is -0.389 e. The van der Waals surface area contributed by atoms with E-state index in [1.165, 1.54) is 0 Å².